The number of rotatable bonds is 9. The van der Waals surface area contributed by atoms with Crippen LogP contribution in [0, 0.1) is 17.0 Å². The first kappa shape index (κ1) is 23.6. The van der Waals surface area contributed by atoms with Gasteiger partial charge in [-0.2, -0.15) is 4.31 Å². The second-order valence-corrected chi connectivity index (χ2v) is 9.73. The lowest BCUT2D eigenvalue weighted by atomic mass is 10.2. The van der Waals surface area contributed by atoms with Gasteiger partial charge in [-0.05, 0) is 38.5 Å². The van der Waals surface area contributed by atoms with Crippen LogP contribution < -0.4 is 10.3 Å². The minimum absolute atomic E-state index is 0.0659. The minimum atomic E-state index is -3.96. The highest BCUT2D eigenvalue weighted by atomic mass is 32.2. The van der Waals surface area contributed by atoms with E-state index < -0.39 is 26.8 Å². The Balaban J connectivity index is 1.78. The molecule has 0 bridgehead atoms. The van der Waals surface area contributed by atoms with Crippen LogP contribution in [-0.4, -0.2) is 63.2 Å². The van der Waals surface area contributed by atoms with Crippen molar-refractivity contribution in [1.82, 2.24) is 23.9 Å². The van der Waals surface area contributed by atoms with Crippen molar-refractivity contribution in [2.75, 3.05) is 19.7 Å². The number of sulfonamides is 1. The molecule has 1 saturated heterocycles. The van der Waals surface area contributed by atoms with Crippen LogP contribution in [0.5, 0.6) is 5.75 Å². The lowest BCUT2D eigenvalue weighted by Gasteiger charge is -2.36. The van der Waals surface area contributed by atoms with E-state index in [-0.39, 0.29) is 29.4 Å². The molecule has 0 radical (unpaired) electrons. The van der Waals surface area contributed by atoms with Crippen molar-refractivity contribution in [2.45, 2.75) is 44.6 Å². The van der Waals surface area contributed by atoms with E-state index in [0.29, 0.717) is 35.8 Å². The van der Waals surface area contributed by atoms with Crippen LogP contribution in [0.15, 0.2) is 27.9 Å². The number of fused-ring (bicyclic) bond motifs is 1. The van der Waals surface area contributed by atoms with E-state index >= 15 is 0 Å². The lowest BCUT2D eigenvalue weighted by molar-refractivity contribution is -0.771. The van der Waals surface area contributed by atoms with Crippen LogP contribution in [-0.2, 0) is 21.3 Å². The Kier molecular flexibility index (Phi) is 6.27. The molecular formula is C20H24N6O7S. The molecule has 182 valence electrons. The van der Waals surface area contributed by atoms with Crippen molar-refractivity contribution in [2.24, 2.45) is 0 Å². The van der Waals surface area contributed by atoms with Gasteiger partial charge in [0.15, 0.2) is 11.3 Å². The quantitative estimate of drug-likeness (QED) is 0.343. The molecule has 0 unspecified atom stereocenters. The Hall–Kier alpha value is -3.52. The number of aromatic amines is 1. The summed E-state index contributed by atoms with van der Waals surface area (Å²) >= 11 is 0. The standard InChI is InChI=1S/C20H24N6O7S/c1-4-6-17-21-12(3)18-20(27)22-19(23-25(17)18)15-9-14(7-8-16(15)32-5-2)34(30,31)24-10-13(11-24)33-26(28)29/h7-9,13H,4-6,10-11H2,1-3H3,(H,22,23,27). The maximum Gasteiger partial charge on any atom is 0.294 e. The van der Waals surface area contributed by atoms with Crippen LogP contribution in [0.1, 0.15) is 31.8 Å². The molecule has 34 heavy (non-hydrogen) atoms. The third-order valence-electron chi connectivity index (χ3n) is 5.41. The Labute approximate surface area is 194 Å². The van der Waals surface area contributed by atoms with Crippen molar-refractivity contribution < 1.29 is 23.1 Å². The number of H-pyrrole nitrogens is 1. The lowest BCUT2D eigenvalue weighted by Crippen LogP contribution is -2.55. The first-order valence-corrected chi connectivity index (χ1v) is 12.2. The van der Waals surface area contributed by atoms with Gasteiger partial charge >= 0.3 is 0 Å². The monoisotopic (exact) mass is 492 g/mol. The Morgan fingerprint density at radius 3 is 2.68 bits per heavy atom. The number of nitrogens with one attached hydrogen (secondary N) is 1. The average molecular weight is 493 g/mol. The number of aromatic nitrogens is 4. The Morgan fingerprint density at radius 1 is 1.29 bits per heavy atom. The van der Waals surface area contributed by atoms with Gasteiger partial charge in [0.05, 0.1) is 22.8 Å². The predicted molar refractivity (Wildman–Crippen MR) is 120 cm³/mol. The van der Waals surface area contributed by atoms with Crippen molar-refractivity contribution in [1.29, 1.82) is 0 Å². The molecule has 3 aromatic rings. The first-order chi connectivity index (χ1) is 16.1. The van der Waals surface area contributed by atoms with Crippen LogP contribution in [0.25, 0.3) is 16.9 Å². The third kappa shape index (κ3) is 4.21. The summed E-state index contributed by atoms with van der Waals surface area (Å²) in [4.78, 5) is 34.8. The second kappa shape index (κ2) is 9.02. The third-order valence-corrected chi connectivity index (χ3v) is 7.24. The number of nitrogens with zero attached hydrogens (tertiary/aromatic N) is 5. The van der Waals surface area contributed by atoms with E-state index in [2.05, 4.69) is 19.9 Å². The molecule has 0 aliphatic carbocycles. The highest BCUT2D eigenvalue weighted by molar-refractivity contribution is 7.89. The van der Waals surface area contributed by atoms with Crippen molar-refractivity contribution in [3.8, 4) is 17.1 Å². The molecule has 13 nitrogen and oxygen atoms in total. The molecule has 0 spiro atoms. The van der Waals surface area contributed by atoms with Gasteiger partial charge in [-0.3, -0.25) is 4.79 Å². The number of hydrogen-bond donors (Lipinski definition) is 1. The van der Waals surface area contributed by atoms with E-state index in [1.54, 1.807) is 13.8 Å². The highest BCUT2D eigenvalue weighted by Gasteiger charge is 2.39. The summed E-state index contributed by atoms with van der Waals surface area (Å²) in [5.74, 6) is 1.10. The Morgan fingerprint density at radius 2 is 2.03 bits per heavy atom. The minimum Gasteiger partial charge on any atom is -0.493 e. The summed E-state index contributed by atoms with van der Waals surface area (Å²) in [6, 6.07) is 4.24. The maximum atomic E-state index is 13.1. The normalized spacial score (nSPS) is 14.8. The van der Waals surface area contributed by atoms with Crippen LogP contribution in [0.4, 0.5) is 0 Å². The Bertz CT molecular complexity index is 1410. The number of aryl methyl sites for hydroxylation is 2. The van der Waals surface area contributed by atoms with Gasteiger partial charge in [0.25, 0.3) is 10.6 Å². The number of benzene rings is 1. The smallest absolute Gasteiger partial charge is 0.294 e. The molecule has 0 atom stereocenters. The zero-order chi connectivity index (χ0) is 24.6. The van der Waals surface area contributed by atoms with Crippen LogP contribution in [0.3, 0.4) is 0 Å². The van der Waals surface area contributed by atoms with Crippen LogP contribution in [0.2, 0.25) is 0 Å². The van der Waals surface area contributed by atoms with E-state index in [0.717, 1.165) is 10.7 Å². The van der Waals surface area contributed by atoms with Gasteiger partial charge in [0, 0.05) is 19.5 Å². The van der Waals surface area contributed by atoms with Crippen molar-refractivity contribution >= 4 is 15.5 Å². The number of ether oxygens (including phenoxy) is 1. The van der Waals surface area contributed by atoms with Crippen molar-refractivity contribution in [3.63, 3.8) is 0 Å². The van der Waals surface area contributed by atoms with E-state index in [9.17, 15) is 23.3 Å². The molecule has 3 heterocycles. The summed E-state index contributed by atoms with van der Waals surface area (Å²) in [5.41, 5.74) is 0.755. The molecule has 0 amide bonds. The number of imidazole rings is 1. The molecular weight excluding hydrogens is 468 g/mol. The van der Waals surface area contributed by atoms with Crippen molar-refractivity contribution in [3.05, 3.63) is 50.2 Å². The molecule has 4 rings (SSSR count). The van der Waals surface area contributed by atoms with E-state index in [1.165, 1.54) is 22.7 Å². The molecule has 14 heteroatoms. The summed E-state index contributed by atoms with van der Waals surface area (Å²) in [6.07, 6.45) is 0.603. The summed E-state index contributed by atoms with van der Waals surface area (Å²) in [7, 11) is -3.96. The fourth-order valence-corrected chi connectivity index (χ4v) is 5.34. The van der Waals surface area contributed by atoms with Gasteiger partial charge in [-0.25, -0.2) is 17.9 Å². The fraction of sp³-hybridized carbons (Fsp3) is 0.450. The summed E-state index contributed by atoms with van der Waals surface area (Å²) < 4.78 is 34.4. The first-order valence-electron chi connectivity index (χ1n) is 10.7. The van der Waals surface area contributed by atoms with Gasteiger partial charge in [0.2, 0.25) is 10.0 Å². The SMILES string of the molecule is CCCc1nc(C)c2c(=O)[nH]c(-c3cc(S(=O)(=O)N4CC(O[N+](=O)[O-])C4)ccc3OCC)nn12. The molecule has 1 aromatic carbocycles. The average Bonchev–Trinajstić information content (AvgIpc) is 3.06. The maximum absolute atomic E-state index is 13.1. The van der Waals surface area contributed by atoms with E-state index in [1.807, 2.05) is 6.92 Å². The molecule has 1 aliphatic rings. The largest absolute Gasteiger partial charge is 0.493 e. The molecule has 0 saturated carbocycles. The van der Waals surface area contributed by atoms with E-state index in [4.69, 9.17) is 4.74 Å². The topological polar surface area (TPSA) is 162 Å². The summed E-state index contributed by atoms with van der Waals surface area (Å²) in [6.45, 7) is 5.53. The molecule has 1 N–H and O–H groups in total. The van der Waals surface area contributed by atoms with Gasteiger partial charge in [-0.1, -0.05) is 6.92 Å². The molecule has 1 fully saturated rings. The van der Waals surface area contributed by atoms with Crippen LogP contribution >= 0.6 is 0 Å². The molecule has 2 aromatic heterocycles. The molecule has 1 aliphatic heterocycles. The predicted octanol–water partition coefficient (Wildman–Crippen LogP) is 1.33. The zero-order valence-corrected chi connectivity index (χ0v) is 19.7. The highest BCUT2D eigenvalue weighted by Crippen LogP contribution is 2.32. The number of hydrogen-bond acceptors (Lipinski definition) is 9. The van der Waals surface area contributed by atoms with Gasteiger partial charge in [0.1, 0.15) is 17.7 Å². The fourth-order valence-electron chi connectivity index (χ4n) is 3.81. The zero-order valence-electron chi connectivity index (χ0n) is 18.8. The van der Waals surface area contributed by atoms with Gasteiger partial charge in [-0.15, -0.1) is 15.2 Å². The van der Waals surface area contributed by atoms with Gasteiger partial charge < -0.3 is 14.6 Å². The second-order valence-electron chi connectivity index (χ2n) is 7.79. The summed E-state index contributed by atoms with van der Waals surface area (Å²) in [5, 5.41) is 14.1.